The number of halogens is 4. The molecule has 168 valence electrons. The van der Waals surface area contributed by atoms with Crippen LogP contribution in [0.4, 0.5) is 23.4 Å². The van der Waals surface area contributed by atoms with Gasteiger partial charge in [0.1, 0.15) is 22.9 Å². The molecule has 10 heteroatoms. The van der Waals surface area contributed by atoms with Crippen molar-refractivity contribution in [3.8, 4) is 5.75 Å². The number of rotatable bonds is 5. The number of nitrogens with zero attached hydrogens (tertiary/aromatic N) is 2. The average molecular weight is 448 g/mol. The molecule has 0 saturated carbocycles. The highest BCUT2D eigenvalue weighted by Crippen LogP contribution is 2.44. The van der Waals surface area contributed by atoms with Crippen molar-refractivity contribution in [2.45, 2.75) is 31.2 Å². The molecule has 2 N–H and O–H groups in total. The highest BCUT2D eigenvalue weighted by molar-refractivity contribution is 5.98. The maximum Gasteiger partial charge on any atom is 0.410 e. The highest BCUT2D eigenvalue weighted by atomic mass is 19.4. The number of amides is 1. The molecule has 0 radical (unpaired) electrons. The summed E-state index contributed by atoms with van der Waals surface area (Å²) in [6, 6.07) is 9.71. The highest BCUT2D eigenvalue weighted by Gasteiger charge is 2.47. The number of ether oxygens (including phenoxy) is 1. The number of anilines is 1. The van der Waals surface area contributed by atoms with E-state index >= 15 is 0 Å². The van der Waals surface area contributed by atoms with Crippen molar-refractivity contribution in [1.82, 2.24) is 15.1 Å². The van der Waals surface area contributed by atoms with E-state index in [9.17, 15) is 22.4 Å². The minimum absolute atomic E-state index is 0.00559. The van der Waals surface area contributed by atoms with Gasteiger partial charge >= 0.3 is 6.18 Å². The van der Waals surface area contributed by atoms with Crippen molar-refractivity contribution in [2.75, 3.05) is 12.4 Å². The topological polar surface area (TPSA) is 68.2 Å². The lowest BCUT2D eigenvalue weighted by atomic mass is 9.96. The number of nitrogens with one attached hydrogen (secondary N) is 2. The third-order valence-corrected chi connectivity index (χ3v) is 5.35. The van der Waals surface area contributed by atoms with Crippen LogP contribution in [0.2, 0.25) is 0 Å². The fraction of sp³-hybridized carbons (Fsp3) is 0.273. The molecule has 3 aromatic rings. The summed E-state index contributed by atoms with van der Waals surface area (Å²) in [6.45, 7) is 0.0890. The summed E-state index contributed by atoms with van der Waals surface area (Å²) >= 11 is 0. The quantitative estimate of drug-likeness (QED) is 0.559. The molecule has 2 heterocycles. The summed E-state index contributed by atoms with van der Waals surface area (Å²) in [7, 11) is 1.48. The number of hydrogen-bond acceptors (Lipinski definition) is 4. The van der Waals surface area contributed by atoms with Crippen LogP contribution >= 0.6 is 0 Å². The Morgan fingerprint density at radius 3 is 2.69 bits per heavy atom. The van der Waals surface area contributed by atoms with E-state index in [4.69, 9.17) is 4.74 Å². The zero-order chi connectivity index (χ0) is 22.9. The van der Waals surface area contributed by atoms with E-state index < -0.39 is 30.0 Å². The van der Waals surface area contributed by atoms with Crippen LogP contribution < -0.4 is 15.4 Å². The predicted molar refractivity (Wildman–Crippen MR) is 109 cm³/mol. The second-order valence-corrected chi connectivity index (χ2v) is 7.43. The Bertz CT molecular complexity index is 1110. The molecule has 6 nitrogen and oxygen atoms in total. The number of aromatic nitrogens is 2. The molecule has 4 rings (SSSR count). The molecule has 2 unspecified atom stereocenters. The van der Waals surface area contributed by atoms with Gasteiger partial charge in [0.15, 0.2) is 6.04 Å². The summed E-state index contributed by atoms with van der Waals surface area (Å²) in [4.78, 5) is 12.7. The number of alkyl halides is 3. The van der Waals surface area contributed by atoms with Crippen LogP contribution in [-0.4, -0.2) is 29.0 Å². The van der Waals surface area contributed by atoms with E-state index in [0.717, 1.165) is 10.9 Å². The van der Waals surface area contributed by atoms with Crippen LogP contribution in [0, 0.1) is 5.82 Å². The minimum Gasteiger partial charge on any atom is -0.497 e. The molecule has 0 saturated heterocycles. The third-order valence-electron chi connectivity index (χ3n) is 5.35. The number of carbonyl (C=O) groups excluding carboxylic acids is 1. The van der Waals surface area contributed by atoms with Crippen molar-refractivity contribution < 1.29 is 27.1 Å². The van der Waals surface area contributed by atoms with Crippen molar-refractivity contribution in [1.29, 1.82) is 0 Å². The number of fused-ring (bicyclic) bond motifs is 1. The Morgan fingerprint density at radius 1 is 1.25 bits per heavy atom. The molecule has 1 aliphatic rings. The first-order chi connectivity index (χ1) is 15.3. The number of hydrogen-bond donors (Lipinski definition) is 2. The van der Waals surface area contributed by atoms with Crippen molar-refractivity contribution >= 4 is 11.7 Å². The zero-order valence-corrected chi connectivity index (χ0v) is 17.0. The number of benzene rings is 2. The van der Waals surface area contributed by atoms with Crippen molar-refractivity contribution in [3.05, 3.63) is 77.2 Å². The van der Waals surface area contributed by atoms with Crippen LogP contribution in [0.5, 0.6) is 5.75 Å². The van der Waals surface area contributed by atoms with E-state index in [1.54, 1.807) is 24.3 Å². The predicted octanol–water partition coefficient (Wildman–Crippen LogP) is 4.62. The number of methoxy groups -OCH3 is 1. The molecular formula is C22H20F4N4O2. The van der Waals surface area contributed by atoms with Gasteiger partial charge < -0.3 is 15.4 Å². The Morgan fingerprint density at radius 2 is 2.00 bits per heavy atom. The van der Waals surface area contributed by atoms with E-state index in [1.165, 1.54) is 31.4 Å². The molecular weight excluding hydrogens is 428 g/mol. The van der Waals surface area contributed by atoms with Gasteiger partial charge in [-0.2, -0.15) is 18.3 Å². The third kappa shape index (κ3) is 4.39. The Labute approximate surface area is 181 Å². The normalized spacial score (nSPS) is 17.9. The van der Waals surface area contributed by atoms with Crippen LogP contribution in [0.25, 0.3) is 0 Å². The SMILES string of the molecule is COc1cccc(C2CC(C(F)(F)F)n3ncc(C(=O)NCc4ccc(F)cc4)c3N2)c1. The largest absolute Gasteiger partial charge is 0.497 e. The van der Waals surface area contributed by atoms with Gasteiger partial charge in [-0.15, -0.1) is 0 Å². The molecule has 0 fully saturated rings. The molecule has 32 heavy (non-hydrogen) atoms. The maximum absolute atomic E-state index is 13.8. The Hall–Kier alpha value is -3.56. The van der Waals surface area contributed by atoms with Crippen molar-refractivity contribution in [3.63, 3.8) is 0 Å². The monoisotopic (exact) mass is 448 g/mol. The Balaban J connectivity index is 1.61. The average Bonchev–Trinajstić information content (AvgIpc) is 3.21. The second-order valence-electron chi connectivity index (χ2n) is 7.43. The lowest BCUT2D eigenvalue weighted by molar-refractivity contribution is -0.173. The van der Waals surface area contributed by atoms with Gasteiger partial charge in [0.2, 0.25) is 0 Å². The fourth-order valence-electron chi connectivity index (χ4n) is 3.69. The molecule has 1 aromatic heterocycles. The first-order valence-electron chi connectivity index (χ1n) is 9.83. The van der Waals surface area contributed by atoms with Crippen LogP contribution in [0.15, 0.2) is 54.7 Å². The van der Waals surface area contributed by atoms with E-state index in [1.807, 2.05) is 0 Å². The first-order valence-corrected chi connectivity index (χ1v) is 9.83. The summed E-state index contributed by atoms with van der Waals surface area (Å²) in [5.41, 5.74) is 1.24. The molecule has 1 aliphatic heterocycles. The lowest BCUT2D eigenvalue weighted by Crippen LogP contribution is -2.36. The smallest absolute Gasteiger partial charge is 0.410 e. The van der Waals surface area contributed by atoms with Gasteiger partial charge in [-0.05, 0) is 35.4 Å². The summed E-state index contributed by atoms with van der Waals surface area (Å²) in [6.07, 6.45) is -3.72. The van der Waals surface area contributed by atoms with Gasteiger partial charge in [-0.3, -0.25) is 4.79 Å². The van der Waals surface area contributed by atoms with Gasteiger partial charge in [-0.1, -0.05) is 24.3 Å². The summed E-state index contributed by atoms with van der Waals surface area (Å²) < 4.78 is 60.5. The molecule has 1 amide bonds. The summed E-state index contributed by atoms with van der Waals surface area (Å²) in [5.74, 6) is -0.487. The molecule has 2 atom stereocenters. The van der Waals surface area contributed by atoms with E-state index in [0.29, 0.717) is 16.9 Å². The minimum atomic E-state index is -4.55. The van der Waals surface area contributed by atoms with Gasteiger partial charge in [0.05, 0.1) is 19.3 Å². The van der Waals surface area contributed by atoms with E-state index in [-0.39, 0.29) is 24.3 Å². The van der Waals surface area contributed by atoms with Crippen LogP contribution in [0.3, 0.4) is 0 Å². The number of carbonyl (C=O) groups is 1. The van der Waals surface area contributed by atoms with Gasteiger partial charge in [0.25, 0.3) is 5.91 Å². The van der Waals surface area contributed by atoms with Crippen LogP contribution in [0.1, 0.15) is 40.0 Å². The fourth-order valence-corrected chi connectivity index (χ4v) is 3.69. The molecule has 0 aliphatic carbocycles. The second kappa shape index (κ2) is 8.52. The lowest BCUT2D eigenvalue weighted by Gasteiger charge is -2.34. The molecule has 2 aromatic carbocycles. The summed E-state index contributed by atoms with van der Waals surface area (Å²) in [5, 5.41) is 9.53. The van der Waals surface area contributed by atoms with Crippen LogP contribution in [-0.2, 0) is 6.54 Å². The first kappa shape index (κ1) is 21.7. The zero-order valence-electron chi connectivity index (χ0n) is 17.0. The van der Waals surface area contributed by atoms with Crippen molar-refractivity contribution in [2.24, 2.45) is 0 Å². The molecule has 0 spiro atoms. The van der Waals surface area contributed by atoms with Gasteiger partial charge in [0, 0.05) is 13.0 Å². The Kier molecular flexibility index (Phi) is 5.77. The van der Waals surface area contributed by atoms with Gasteiger partial charge in [-0.25, -0.2) is 9.07 Å². The standard InChI is InChI=1S/C22H20F4N4O2/c1-32-16-4-2-3-14(9-16)18-10-19(22(24,25)26)30-20(29-18)17(12-28-30)21(31)27-11-13-5-7-15(23)8-6-13/h2-9,12,18-19,29H,10-11H2,1H3,(H,27,31). The van der Waals surface area contributed by atoms with E-state index in [2.05, 4.69) is 15.7 Å². The maximum atomic E-state index is 13.8. The molecule has 0 bridgehead atoms.